The summed E-state index contributed by atoms with van der Waals surface area (Å²) in [6, 6.07) is 1.95. The molecule has 78 valence electrons. The Bertz CT molecular complexity index is 325. The average Bonchev–Trinajstić information content (AvgIpc) is 2.13. The predicted octanol–water partition coefficient (Wildman–Crippen LogP) is 3.05. The van der Waals surface area contributed by atoms with Crippen molar-refractivity contribution < 1.29 is 22.3 Å². The molecule has 0 heterocycles. The topological polar surface area (TPSA) is 9.23 Å². The van der Waals surface area contributed by atoms with Gasteiger partial charge in [-0.3, -0.25) is 0 Å². The number of rotatable bonds is 3. The van der Waals surface area contributed by atoms with E-state index in [1.807, 2.05) is 0 Å². The zero-order valence-corrected chi connectivity index (χ0v) is 7.36. The molecule has 0 aliphatic carbocycles. The fraction of sp³-hybridized carbons (Fsp3) is 0.333. The summed E-state index contributed by atoms with van der Waals surface area (Å²) in [6.45, 7) is -0.147. The van der Waals surface area contributed by atoms with Gasteiger partial charge < -0.3 is 4.74 Å². The molecule has 0 saturated heterocycles. The van der Waals surface area contributed by atoms with Crippen molar-refractivity contribution in [2.75, 3.05) is 7.11 Å². The van der Waals surface area contributed by atoms with Gasteiger partial charge in [0.2, 0.25) is 0 Å². The molecule has 0 saturated carbocycles. The first-order chi connectivity index (χ1) is 6.57. The van der Waals surface area contributed by atoms with Crippen molar-refractivity contribution in [2.45, 2.75) is 13.0 Å². The highest BCUT2D eigenvalue weighted by atomic mass is 19.3. The lowest BCUT2D eigenvalue weighted by Crippen LogP contribution is -2.01. The van der Waals surface area contributed by atoms with E-state index in [0.29, 0.717) is 0 Å². The van der Waals surface area contributed by atoms with E-state index in [2.05, 4.69) is 4.74 Å². The highest BCUT2D eigenvalue weighted by molar-refractivity contribution is 5.26. The lowest BCUT2D eigenvalue weighted by Gasteiger charge is -2.06. The average molecular weight is 208 g/mol. The Hall–Kier alpha value is -1.10. The van der Waals surface area contributed by atoms with Crippen LogP contribution in [0.2, 0.25) is 0 Å². The van der Waals surface area contributed by atoms with Crippen molar-refractivity contribution in [1.29, 1.82) is 0 Å². The first-order valence-electron chi connectivity index (χ1n) is 3.81. The van der Waals surface area contributed by atoms with Crippen molar-refractivity contribution in [3.05, 3.63) is 34.9 Å². The lowest BCUT2D eigenvalue weighted by atomic mass is 10.1. The second-order valence-corrected chi connectivity index (χ2v) is 2.68. The largest absolute Gasteiger partial charge is 0.380 e. The monoisotopic (exact) mass is 208 g/mol. The molecule has 14 heavy (non-hydrogen) atoms. The predicted molar refractivity (Wildman–Crippen MR) is 42.0 cm³/mol. The molecule has 0 fully saturated rings. The Balaban J connectivity index is 3.12. The maximum Gasteiger partial charge on any atom is 0.266 e. The quantitative estimate of drug-likeness (QED) is 0.693. The van der Waals surface area contributed by atoms with Crippen LogP contribution in [-0.4, -0.2) is 7.11 Å². The van der Waals surface area contributed by atoms with Crippen molar-refractivity contribution in [2.24, 2.45) is 0 Å². The van der Waals surface area contributed by atoms with Gasteiger partial charge in [-0.05, 0) is 6.07 Å². The molecule has 0 aliphatic heterocycles. The second-order valence-electron chi connectivity index (χ2n) is 2.68. The van der Waals surface area contributed by atoms with Gasteiger partial charge in [-0.2, -0.15) is 0 Å². The number of alkyl halides is 2. The van der Waals surface area contributed by atoms with Crippen molar-refractivity contribution in [3.8, 4) is 0 Å². The SMILES string of the molecule is COCc1ccc(C(F)F)c(F)c1F. The summed E-state index contributed by atoms with van der Waals surface area (Å²) in [7, 11) is 1.30. The second kappa shape index (κ2) is 4.41. The van der Waals surface area contributed by atoms with Crippen LogP contribution in [0.1, 0.15) is 17.6 Å². The molecule has 1 rings (SSSR count). The first-order valence-corrected chi connectivity index (χ1v) is 3.81. The normalized spacial score (nSPS) is 11.0. The molecular weight excluding hydrogens is 200 g/mol. The van der Waals surface area contributed by atoms with E-state index in [1.165, 1.54) is 7.11 Å². The Morgan fingerprint density at radius 3 is 2.36 bits per heavy atom. The molecule has 0 unspecified atom stereocenters. The third kappa shape index (κ3) is 2.04. The molecule has 1 aromatic carbocycles. The Morgan fingerprint density at radius 1 is 1.21 bits per heavy atom. The standard InChI is InChI=1S/C9H8F4O/c1-14-4-5-2-3-6(9(12)13)8(11)7(5)10/h2-3,9H,4H2,1H3. The van der Waals surface area contributed by atoms with Gasteiger partial charge in [-0.25, -0.2) is 17.6 Å². The Morgan fingerprint density at radius 2 is 1.86 bits per heavy atom. The van der Waals surface area contributed by atoms with Gasteiger partial charge >= 0.3 is 0 Å². The van der Waals surface area contributed by atoms with Crippen LogP contribution >= 0.6 is 0 Å². The van der Waals surface area contributed by atoms with E-state index in [4.69, 9.17) is 0 Å². The lowest BCUT2D eigenvalue weighted by molar-refractivity contribution is 0.144. The van der Waals surface area contributed by atoms with E-state index < -0.39 is 23.6 Å². The van der Waals surface area contributed by atoms with Crippen molar-refractivity contribution >= 4 is 0 Å². The van der Waals surface area contributed by atoms with Crippen LogP contribution in [0.4, 0.5) is 17.6 Å². The van der Waals surface area contributed by atoms with Gasteiger partial charge in [0.05, 0.1) is 12.2 Å². The number of hydrogen-bond acceptors (Lipinski definition) is 1. The van der Waals surface area contributed by atoms with Gasteiger partial charge in [0.25, 0.3) is 6.43 Å². The highest BCUT2D eigenvalue weighted by Gasteiger charge is 2.19. The Kier molecular flexibility index (Phi) is 3.46. The fourth-order valence-electron chi connectivity index (χ4n) is 1.04. The minimum atomic E-state index is -3.01. The van der Waals surface area contributed by atoms with Crippen molar-refractivity contribution in [3.63, 3.8) is 0 Å². The molecule has 1 nitrogen and oxygen atoms in total. The number of hydrogen-bond donors (Lipinski definition) is 0. The number of ether oxygens (including phenoxy) is 1. The summed E-state index contributed by atoms with van der Waals surface area (Å²) in [5, 5.41) is 0. The van der Waals surface area contributed by atoms with E-state index in [1.54, 1.807) is 0 Å². The number of methoxy groups -OCH3 is 1. The molecule has 0 aromatic heterocycles. The van der Waals surface area contributed by atoms with Gasteiger partial charge in [0.15, 0.2) is 11.6 Å². The smallest absolute Gasteiger partial charge is 0.266 e. The molecular formula is C9H8F4O. The van der Waals surface area contributed by atoms with Gasteiger partial charge in [-0.15, -0.1) is 0 Å². The summed E-state index contributed by atoms with van der Waals surface area (Å²) in [5.41, 5.74) is -1.00. The van der Waals surface area contributed by atoms with Crippen LogP contribution in [0.25, 0.3) is 0 Å². The Labute approximate surface area is 78.3 Å². The van der Waals surface area contributed by atoms with Gasteiger partial charge in [-0.1, -0.05) is 6.07 Å². The molecule has 0 N–H and O–H groups in total. The third-order valence-electron chi connectivity index (χ3n) is 1.73. The molecule has 0 spiro atoms. The van der Waals surface area contributed by atoms with E-state index in [9.17, 15) is 17.6 Å². The maximum atomic E-state index is 13.0. The van der Waals surface area contributed by atoms with Crippen molar-refractivity contribution in [1.82, 2.24) is 0 Å². The summed E-state index contributed by atoms with van der Waals surface area (Å²) >= 11 is 0. The molecule has 0 aliphatic rings. The summed E-state index contributed by atoms with van der Waals surface area (Å²) < 4.78 is 54.7. The number of halogens is 4. The summed E-state index contributed by atoms with van der Waals surface area (Å²) in [4.78, 5) is 0. The molecule has 0 radical (unpaired) electrons. The molecule has 0 amide bonds. The number of benzene rings is 1. The van der Waals surface area contributed by atoms with Crippen LogP contribution in [0.3, 0.4) is 0 Å². The van der Waals surface area contributed by atoms with E-state index in [0.717, 1.165) is 12.1 Å². The van der Waals surface area contributed by atoms with Crippen LogP contribution < -0.4 is 0 Å². The fourth-order valence-corrected chi connectivity index (χ4v) is 1.04. The zero-order chi connectivity index (χ0) is 10.7. The molecule has 1 aromatic rings. The summed E-state index contributed by atoms with van der Waals surface area (Å²) in [5.74, 6) is -2.78. The minimum absolute atomic E-state index is 0.0746. The molecule has 5 heteroatoms. The highest BCUT2D eigenvalue weighted by Crippen LogP contribution is 2.25. The maximum absolute atomic E-state index is 13.0. The van der Waals surface area contributed by atoms with Gasteiger partial charge in [0.1, 0.15) is 0 Å². The van der Waals surface area contributed by atoms with Crippen LogP contribution in [0.15, 0.2) is 12.1 Å². The van der Waals surface area contributed by atoms with E-state index >= 15 is 0 Å². The van der Waals surface area contributed by atoms with Crippen LogP contribution in [0, 0.1) is 11.6 Å². The minimum Gasteiger partial charge on any atom is -0.380 e. The third-order valence-corrected chi connectivity index (χ3v) is 1.73. The van der Waals surface area contributed by atoms with E-state index in [-0.39, 0.29) is 12.2 Å². The molecule has 0 bridgehead atoms. The first kappa shape index (κ1) is 11.0. The van der Waals surface area contributed by atoms with Crippen LogP contribution in [0.5, 0.6) is 0 Å². The summed E-state index contributed by atoms with van der Waals surface area (Å²) in [6.07, 6.45) is -3.01. The molecule has 0 atom stereocenters. The van der Waals surface area contributed by atoms with Crippen LogP contribution in [-0.2, 0) is 11.3 Å². The zero-order valence-electron chi connectivity index (χ0n) is 7.36. The van der Waals surface area contributed by atoms with Gasteiger partial charge in [0, 0.05) is 12.7 Å².